The van der Waals surface area contributed by atoms with Gasteiger partial charge in [-0.25, -0.2) is 0 Å². The third-order valence-electron chi connectivity index (χ3n) is 13.5. The van der Waals surface area contributed by atoms with Crippen LogP contribution in [-0.2, 0) is 14.3 Å². The predicted molar refractivity (Wildman–Crippen MR) is 276 cm³/mol. The van der Waals surface area contributed by atoms with Crippen LogP contribution in [-0.4, -0.2) is 87.5 Å². The molecule has 0 saturated carbocycles. The van der Waals surface area contributed by atoms with Gasteiger partial charge in [0.05, 0.1) is 25.4 Å². The number of carbonyl (C=O) groups excluding carboxylic acids is 1. The van der Waals surface area contributed by atoms with E-state index in [-0.39, 0.29) is 12.5 Å². The Bertz CT molecular complexity index is 1130. The topological polar surface area (TPSA) is 149 Å². The summed E-state index contributed by atoms with van der Waals surface area (Å²) in [5, 5.41) is 54.4. The molecule has 0 radical (unpaired) electrons. The van der Waals surface area contributed by atoms with Gasteiger partial charge < -0.3 is 40.3 Å². The number of unbranched alkanes of at least 4 members (excludes halogenated alkanes) is 34. The molecule has 1 aliphatic rings. The van der Waals surface area contributed by atoms with E-state index in [0.29, 0.717) is 6.42 Å². The molecule has 0 aromatic carbocycles. The van der Waals surface area contributed by atoms with E-state index in [4.69, 9.17) is 9.47 Å². The van der Waals surface area contributed by atoms with Crippen molar-refractivity contribution in [2.75, 3.05) is 13.2 Å². The molecule has 0 aliphatic carbocycles. The second kappa shape index (κ2) is 47.1. The maximum Gasteiger partial charge on any atom is 0.220 e. The van der Waals surface area contributed by atoms with E-state index in [0.717, 1.165) is 44.9 Å². The van der Waals surface area contributed by atoms with Gasteiger partial charge >= 0.3 is 0 Å². The van der Waals surface area contributed by atoms with Crippen LogP contribution in [0.2, 0.25) is 0 Å². The van der Waals surface area contributed by atoms with E-state index in [9.17, 15) is 30.3 Å². The number of ether oxygens (including phenoxy) is 2. The fraction of sp³-hybridized carbons (Fsp3) is 0.877. The van der Waals surface area contributed by atoms with Gasteiger partial charge in [-0.1, -0.05) is 243 Å². The molecule has 1 aliphatic heterocycles. The number of aliphatic hydroxyl groups is 5. The van der Waals surface area contributed by atoms with E-state index >= 15 is 0 Å². The van der Waals surface area contributed by atoms with Crippen molar-refractivity contribution in [3.63, 3.8) is 0 Å². The van der Waals surface area contributed by atoms with Gasteiger partial charge in [0.2, 0.25) is 5.91 Å². The lowest BCUT2D eigenvalue weighted by molar-refractivity contribution is -0.302. The Kier molecular flexibility index (Phi) is 44.6. The number of hydrogen-bond donors (Lipinski definition) is 6. The minimum absolute atomic E-state index is 0.176. The number of hydrogen-bond acceptors (Lipinski definition) is 8. The molecule has 0 spiro atoms. The van der Waals surface area contributed by atoms with Crippen LogP contribution in [0.3, 0.4) is 0 Å². The SMILES string of the molecule is CCCCCCCCCCC/C=C\C/C=C\CCCCCCCCCCCCCCCC(=O)NC(COC1OC(CO)C(O)C(O)C1O)C(O)/C=C/CCCCCCCCCCCCCC. The summed E-state index contributed by atoms with van der Waals surface area (Å²) in [6.07, 6.45) is 53.5. The smallest absolute Gasteiger partial charge is 0.220 e. The summed E-state index contributed by atoms with van der Waals surface area (Å²) in [6.45, 7) is 3.79. The number of aliphatic hydroxyl groups excluding tert-OH is 5. The fourth-order valence-electron chi connectivity index (χ4n) is 8.95. The lowest BCUT2D eigenvalue weighted by atomic mass is 9.99. The van der Waals surface area contributed by atoms with E-state index in [1.807, 2.05) is 6.08 Å². The molecule has 1 amide bonds. The van der Waals surface area contributed by atoms with Crippen LogP contribution in [0, 0.1) is 0 Å². The molecule has 0 aromatic heterocycles. The van der Waals surface area contributed by atoms with Crippen molar-refractivity contribution >= 4 is 5.91 Å². The average molecular weight is 934 g/mol. The van der Waals surface area contributed by atoms with Gasteiger partial charge in [-0.15, -0.1) is 0 Å². The second-order valence-corrected chi connectivity index (χ2v) is 19.7. The van der Waals surface area contributed by atoms with E-state index in [1.165, 1.54) is 199 Å². The summed E-state index contributed by atoms with van der Waals surface area (Å²) >= 11 is 0. The van der Waals surface area contributed by atoms with Crippen molar-refractivity contribution in [1.29, 1.82) is 0 Å². The number of allylic oxidation sites excluding steroid dienone is 5. The Labute approximate surface area is 406 Å². The highest BCUT2D eigenvalue weighted by atomic mass is 16.7. The molecule has 66 heavy (non-hydrogen) atoms. The zero-order valence-corrected chi connectivity index (χ0v) is 43.0. The summed E-state index contributed by atoms with van der Waals surface area (Å²) in [6, 6.07) is -0.804. The van der Waals surface area contributed by atoms with Crippen LogP contribution in [0.15, 0.2) is 36.5 Å². The molecule has 1 saturated heterocycles. The van der Waals surface area contributed by atoms with Gasteiger partial charge in [0.1, 0.15) is 24.4 Å². The highest BCUT2D eigenvalue weighted by Gasteiger charge is 2.44. The first-order chi connectivity index (χ1) is 32.3. The van der Waals surface area contributed by atoms with Gasteiger partial charge in [0.15, 0.2) is 6.29 Å². The van der Waals surface area contributed by atoms with Crippen LogP contribution in [0.4, 0.5) is 0 Å². The van der Waals surface area contributed by atoms with E-state index in [1.54, 1.807) is 6.08 Å². The van der Waals surface area contributed by atoms with Gasteiger partial charge in [-0.3, -0.25) is 4.79 Å². The lowest BCUT2D eigenvalue weighted by Gasteiger charge is -2.40. The molecule has 1 fully saturated rings. The van der Waals surface area contributed by atoms with Crippen LogP contribution < -0.4 is 5.32 Å². The average Bonchev–Trinajstić information content (AvgIpc) is 3.32. The van der Waals surface area contributed by atoms with Crippen molar-refractivity contribution in [2.45, 2.75) is 307 Å². The number of carbonyl (C=O) groups is 1. The normalized spacial score (nSPS) is 20.0. The van der Waals surface area contributed by atoms with Crippen LogP contribution in [0.1, 0.15) is 264 Å². The summed E-state index contributed by atoms with van der Waals surface area (Å²) < 4.78 is 11.2. The third-order valence-corrected chi connectivity index (χ3v) is 13.5. The number of nitrogens with one attached hydrogen (secondary N) is 1. The summed E-state index contributed by atoms with van der Waals surface area (Å²) in [5.74, 6) is -0.176. The molecule has 388 valence electrons. The largest absolute Gasteiger partial charge is 0.394 e. The zero-order chi connectivity index (χ0) is 48.0. The highest BCUT2D eigenvalue weighted by Crippen LogP contribution is 2.23. The number of amides is 1. The Hall–Kier alpha value is -1.59. The molecular weight excluding hydrogens is 827 g/mol. The van der Waals surface area contributed by atoms with Crippen LogP contribution in [0.5, 0.6) is 0 Å². The molecule has 0 bridgehead atoms. The molecule has 9 nitrogen and oxygen atoms in total. The standard InChI is InChI=1S/C57H107NO8/c1-3-5-7-9-11-13-15-17-19-20-21-22-23-24-25-26-27-28-29-30-31-32-33-35-37-39-41-43-45-47-53(61)58-50(49-65-57-56(64)55(63)54(62)52(48-59)66-57)51(60)46-44-42-40-38-36-34-18-16-14-12-10-8-6-4-2/h21-22,24-25,44,46,50-52,54-57,59-60,62-64H,3-20,23,26-43,45,47-49H2,1-2H3,(H,58,61)/b22-21-,25-24-,46-44+. The van der Waals surface area contributed by atoms with Gasteiger partial charge in [-0.05, 0) is 51.4 Å². The van der Waals surface area contributed by atoms with Gasteiger partial charge in [-0.2, -0.15) is 0 Å². The summed E-state index contributed by atoms with van der Waals surface area (Å²) in [4.78, 5) is 13.0. The Morgan fingerprint density at radius 1 is 0.515 bits per heavy atom. The minimum Gasteiger partial charge on any atom is -0.394 e. The summed E-state index contributed by atoms with van der Waals surface area (Å²) in [7, 11) is 0. The highest BCUT2D eigenvalue weighted by molar-refractivity contribution is 5.76. The molecule has 0 aromatic rings. The van der Waals surface area contributed by atoms with Crippen molar-refractivity contribution in [3.8, 4) is 0 Å². The van der Waals surface area contributed by atoms with Crippen molar-refractivity contribution < 1.29 is 39.8 Å². The van der Waals surface area contributed by atoms with Gasteiger partial charge in [0, 0.05) is 6.42 Å². The molecule has 7 unspecified atom stereocenters. The second-order valence-electron chi connectivity index (χ2n) is 19.7. The van der Waals surface area contributed by atoms with Crippen LogP contribution in [0.25, 0.3) is 0 Å². The van der Waals surface area contributed by atoms with Crippen molar-refractivity contribution in [1.82, 2.24) is 5.32 Å². The Balaban J connectivity index is 2.18. The molecule has 1 heterocycles. The molecule has 1 rings (SSSR count). The maximum atomic E-state index is 13.0. The predicted octanol–water partition coefficient (Wildman–Crippen LogP) is 13.6. The first-order valence-electron chi connectivity index (χ1n) is 28.2. The Morgan fingerprint density at radius 3 is 1.30 bits per heavy atom. The van der Waals surface area contributed by atoms with Crippen LogP contribution >= 0.6 is 0 Å². The first kappa shape index (κ1) is 62.4. The minimum atomic E-state index is -1.57. The molecule has 9 heteroatoms. The molecule has 7 atom stereocenters. The lowest BCUT2D eigenvalue weighted by Crippen LogP contribution is -2.60. The Morgan fingerprint density at radius 2 is 0.894 bits per heavy atom. The van der Waals surface area contributed by atoms with E-state index in [2.05, 4.69) is 43.5 Å². The quantitative estimate of drug-likeness (QED) is 0.0261. The summed E-state index contributed by atoms with van der Waals surface area (Å²) in [5.41, 5.74) is 0. The van der Waals surface area contributed by atoms with E-state index < -0.39 is 49.5 Å². The number of rotatable bonds is 48. The van der Waals surface area contributed by atoms with Crippen molar-refractivity contribution in [3.05, 3.63) is 36.5 Å². The maximum absolute atomic E-state index is 13.0. The first-order valence-corrected chi connectivity index (χ1v) is 28.2. The monoisotopic (exact) mass is 934 g/mol. The molecular formula is C57H107NO8. The van der Waals surface area contributed by atoms with Crippen molar-refractivity contribution in [2.24, 2.45) is 0 Å². The zero-order valence-electron chi connectivity index (χ0n) is 43.0. The third kappa shape index (κ3) is 36.4. The fourth-order valence-corrected chi connectivity index (χ4v) is 8.95. The molecule has 6 N–H and O–H groups in total. The van der Waals surface area contributed by atoms with Gasteiger partial charge in [0.25, 0.3) is 0 Å².